The molecule has 0 radical (unpaired) electrons. The van der Waals surface area contributed by atoms with Gasteiger partial charge < -0.3 is 19.3 Å². The summed E-state index contributed by atoms with van der Waals surface area (Å²) in [6, 6.07) is 6.12. The van der Waals surface area contributed by atoms with E-state index in [1.165, 1.54) is 0 Å². The number of piperidine rings is 1. The predicted molar refractivity (Wildman–Crippen MR) is 99.9 cm³/mol. The molecule has 1 spiro atoms. The molecule has 0 N–H and O–H groups in total. The number of likely N-dealkylation sites (tertiary alicyclic amines) is 1. The fraction of sp³-hybridized carbons (Fsp3) is 0.700. The van der Waals surface area contributed by atoms with Crippen molar-refractivity contribution < 1.29 is 14.3 Å². The first kappa shape index (κ1) is 19.1. The molecule has 2 aliphatic rings. The number of hydrogen-bond donors (Lipinski definition) is 0. The Morgan fingerprint density at radius 1 is 1.38 bits per heavy atom. The molecule has 2 amide bonds. The molecule has 2 fully saturated rings. The van der Waals surface area contributed by atoms with Gasteiger partial charge in [0.15, 0.2) is 0 Å². The zero-order chi connectivity index (χ0) is 18.6. The van der Waals surface area contributed by atoms with Gasteiger partial charge in [0.05, 0.1) is 17.9 Å². The third kappa shape index (κ3) is 4.35. The van der Waals surface area contributed by atoms with Crippen LogP contribution in [0, 0.1) is 12.8 Å². The first-order valence-electron chi connectivity index (χ1n) is 9.61. The fourth-order valence-corrected chi connectivity index (χ4v) is 4.19. The quantitative estimate of drug-likeness (QED) is 0.757. The van der Waals surface area contributed by atoms with Crippen LogP contribution in [0.15, 0.2) is 18.2 Å². The zero-order valence-corrected chi connectivity index (χ0v) is 16.2. The number of pyridine rings is 1. The molecule has 26 heavy (non-hydrogen) atoms. The highest BCUT2D eigenvalue weighted by atomic mass is 16.5. The van der Waals surface area contributed by atoms with Crippen LogP contribution in [-0.4, -0.2) is 66.8 Å². The molecule has 0 bridgehead atoms. The van der Waals surface area contributed by atoms with Crippen molar-refractivity contribution in [3.05, 3.63) is 29.6 Å². The Morgan fingerprint density at radius 3 is 2.85 bits per heavy atom. The maximum absolute atomic E-state index is 12.1. The lowest BCUT2D eigenvalue weighted by molar-refractivity contribution is -0.0671. The van der Waals surface area contributed by atoms with Gasteiger partial charge in [0.1, 0.15) is 0 Å². The van der Waals surface area contributed by atoms with Crippen LogP contribution in [0.5, 0.6) is 0 Å². The summed E-state index contributed by atoms with van der Waals surface area (Å²) in [7, 11) is 3.62. The van der Waals surface area contributed by atoms with E-state index in [0.717, 1.165) is 63.4 Å². The van der Waals surface area contributed by atoms with E-state index >= 15 is 0 Å². The Labute approximate surface area is 156 Å². The van der Waals surface area contributed by atoms with Crippen molar-refractivity contribution in [1.82, 2.24) is 14.8 Å². The Bertz CT molecular complexity index is 612. The number of aromatic nitrogens is 1. The molecule has 0 aliphatic carbocycles. The van der Waals surface area contributed by atoms with E-state index < -0.39 is 0 Å². The first-order chi connectivity index (χ1) is 12.5. The molecular weight excluding hydrogens is 330 g/mol. The van der Waals surface area contributed by atoms with E-state index in [4.69, 9.17) is 9.47 Å². The second kappa shape index (κ2) is 8.35. The number of ether oxygens (including phenoxy) is 2. The minimum Gasteiger partial charge on any atom is -0.375 e. The lowest BCUT2D eigenvalue weighted by Crippen LogP contribution is -2.51. The summed E-state index contributed by atoms with van der Waals surface area (Å²) < 4.78 is 12.1. The van der Waals surface area contributed by atoms with Crippen molar-refractivity contribution in [2.45, 2.75) is 44.8 Å². The van der Waals surface area contributed by atoms with Crippen molar-refractivity contribution >= 4 is 6.03 Å². The molecule has 2 aliphatic heterocycles. The maximum Gasteiger partial charge on any atom is 0.319 e. The van der Waals surface area contributed by atoms with Gasteiger partial charge in [0.2, 0.25) is 0 Å². The van der Waals surface area contributed by atoms with Crippen molar-refractivity contribution in [3.8, 4) is 0 Å². The van der Waals surface area contributed by atoms with Gasteiger partial charge in [0, 0.05) is 46.1 Å². The molecule has 3 rings (SSSR count). The van der Waals surface area contributed by atoms with Crippen LogP contribution in [0.2, 0.25) is 0 Å². The number of carbonyl (C=O) groups excluding carboxylic acids is 1. The normalized spacial score (nSPS) is 22.0. The van der Waals surface area contributed by atoms with Crippen LogP contribution in [0.3, 0.4) is 0 Å². The van der Waals surface area contributed by atoms with E-state index in [1.54, 1.807) is 4.90 Å². The van der Waals surface area contributed by atoms with E-state index in [1.807, 2.05) is 44.1 Å². The summed E-state index contributed by atoms with van der Waals surface area (Å²) in [6.07, 6.45) is 3.95. The van der Waals surface area contributed by atoms with Gasteiger partial charge in [0.25, 0.3) is 0 Å². The summed E-state index contributed by atoms with van der Waals surface area (Å²) in [6.45, 7) is 5.67. The average molecular weight is 361 g/mol. The minimum atomic E-state index is -0.0615. The summed E-state index contributed by atoms with van der Waals surface area (Å²) in [5.41, 5.74) is 1.94. The van der Waals surface area contributed by atoms with Crippen LogP contribution in [0.4, 0.5) is 4.79 Å². The van der Waals surface area contributed by atoms with Crippen molar-refractivity contribution in [1.29, 1.82) is 0 Å². The van der Waals surface area contributed by atoms with Crippen LogP contribution < -0.4 is 0 Å². The molecule has 6 nitrogen and oxygen atoms in total. The lowest BCUT2D eigenvalue weighted by atomic mass is 9.78. The minimum absolute atomic E-state index is 0.0615. The smallest absolute Gasteiger partial charge is 0.319 e. The molecule has 2 saturated heterocycles. The zero-order valence-electron chi connectivity index (χ0n) is 16.2. The molecule has 0 aromatic carbocycles. The molecular formula is C20H31N3O3. The monoisotopic (exact) mass is 361 g/mol. The van der Waals surface area contributed by atoms with Crippen LogP contribution >= 0.6 is 0 Å². The van der Waals surface area contributed by atoms with Crippen molar-refractivity contribution in [2.75, 3.05) is 40.4 Å². The number of amides is 2. The van der Waals surface area contributed by atoms with Crippen LogP contribution in [0.25, 0.3) is 0 Å². The average Bonchev–Trinajstić information content (AvgIpc) is 3.01. The molecule has 0 unspecified atom stereocenters. The Balaban J connectivity index is 1.46. The Kier molecular flexibility index (Phi) is 6.14. The third-order valence-corrected chi connectivity index (χ3v) is 5.67. The Morgan fingerprint density at radius 2 is 2.15 bits per heavy atom. The lowest BCUT2D eigenvalue weighted by Gasteiger charge is -2.42. The molecule has 1 aromatic rings. The highest BCUT2D eigenvalue weighted by molar-refractivity contribution is 5.73. The Hall–Kier alpha value is -1.66. The van der Waals surface area contributed by atoms with E-state index in [9.17, 15) is 4.79 Å². The van der Waals surface area contributed by atoms with Crippen LogP contribution in [-0.2, 0) is 16.1 Å². The number of aryl methyl sites for hydroxylation is 1. The third-order valence-electron chi connectivity index (χ3n) is 5.67. The molecule has 144 valence electrons. The summed E-state index contributed by atoms with van der Waals surface area (Å²) in [5.74, 6) is 0.518. The summed E-state index contributed by atoms with van der Waals surface area (Å²) in [5, 5.41) is 0. The van der Waals surface area contributed by atoms with E-state index in [-0.39, 0.29) is 11.6 Å². The van der Waals surface area contributed by atoms with Crippen LogP contribution in [0.1, 0.15) is 37.1 Å². The van der Waals surface area contributed by atoms with Crippen molar-refractivity contribution in [3.63, 3.8) is 0 Å². The standard InChI is InChI=1S/C20H31N3O3/c1-16-5-4-6-18(21-16)15-25-13-7-17-8-14-26-20(17)9-11-23(12-10-20)19(24)22(2)3/h4-6,17H,7-15H2,1-3H3/t17-/m1/s1. The molecule has 6 heteroatoms. The summed E-state index contributed by atoms with van der Waals surface area (Å²) in [4.78, 5) is 20.2. The van der Waals surface area contributed by atoms with Gasteiger partial charge in [-0.25, -0.2) is 4.79 Å². The van der Waals surface area contributed by atoms with Gasteiger partial charge in [-0.1, -0.05) is 6.07 Å². The van der Waals surface area contributed by atoms with E-state index in [2.05, 4.69) is 4.98 Å². The number of urea groups is 1. The SMILES string of the molecule is Cc1cccc(COCC[C@@H]2CCOC23CCN(C(=O)N(C)C)CC3)n1. The maximum atomic E-state index is 12.1. The number of nitrogens with zero attached hydrogens (tertiary/aromatic N) is 3. The first-order valence-corrected chi connectivity index (χ1v) is 9.61. The topological polar surface area (TPSA) is 54.9 Å². The number of carbonyl (C=O) groups is 1. The molecule has 1 atom stereocenters. The number of rotatable bonds is 5. The molecule has 0 saturated carbocycles. The van der Waals surface area contributed by atoms with Crippen molar-refractivity contribution in [2.24, 2.45) is 5.92 Å². The van der Waals surface area contributed by atoms with Gasteiger partial charge >= 0.3 is 6.03 Å². The highest BCUT2D eigenvalue weighted by Gasteiger charge is 2.46. The van der Waals surface area contributed by atoms with Gasteiger partial charge in [-0.05, 0) is 50.7 Å². The molecule has 3 heterocycles. The fourth-order valence-electron chi connectivity index (χ4n) is 4.19. The highest BCUT2D eigenvalue weighted by Crippen LogP contribution is 2.42. The second-order valence-electron chi connectivity index (χ2n) is 7.67. The number of hydrogen-bond acceptors (Lipinski definition) is 4. The largest absolute Gasteiger partial charge is 0.375 e. The second-order valence-corrected chi connectivity index (χ2v) is 7.67. The van der Waals surface area contributed by atoms with Gasteiger partial charge in [-0.3, -0.25) is 4.98 Å². The van der Waals surface area contributed by atoms with Gasteiger partial charge in [-0.15, -0.1) is 0 Å². The molecule has 1 aromatic heterocycles. The predicted octanol–water partition coefficient (Wildman–Crippen LogP) is 2.85. The van der Waals surface area contributed by atoms with E-state index in [0.29, 0.717) is 12.5 Å². The van der Waals surface area contributed by atoms with Gasteiger partial charge in [-0.2, -0.15) is 0 Å². The summed E-state index contributed by atoms with van der Waals surface area (Å²) >= 11 is 0.